The van der Waals surface area contributed by atoms with E-state index in [-0.39, 0.29) is 78.5 Å². The zero-order chi connectivity index (χ0) is 29.9. The van der Waals surface area contributed by atoms with Gasteiger partial charge in [0.05, 0.1) is 17.7 Å². The number of aromatic nitrogens is 4. The van der Waals surface area contributed by atoms with E-state index >= 15 is 0 Å². The topological polar surface area (TPSA) is 102 Å². The molecule has 5 aromatic heterocycles. The van der Waals surface area contributed by atoms with Gasteiger partial charge in [0.25, 0.3) is 0 Å². The molecule has 0 saturated heterocycles. The maximum atomic E-state index is 10.5. The molecule has 0 bridgehead atoms. The standard InChI is InChI=1S/C18H23N2.C10H8N2.C6H6O3.3CH3.Os.Ru/c1-17(2,3)13-18(4,5)14-9-11-20-16(12-14)15-8-6-7-10-19-15;1-3-7-11-9(5-1)10-6-2-4-8-12-10;1-4-6(8)5(7)2-3-9-4;;;;;/h7-12H,13H2,1-5H3;1-8H;2-3,8H,1H3;3*1H3;;/q-1;;;3*-1;+4;. The number of aromatic hydroxyl groups is 1. The molecule has 5 aromatic rings. The molecule has 0 aromatic carbocycles. The summed E-state index contributed by atoms with van der Waals surface area (Å²) in [6.45, 7) is 13.0. The molecule has 0 aliphatic carbocycles. The van der Waals surface area contributed by atoms with Crippen LogP contribution in [0.25, 0.3) is 22.8 Å². The van der Waals surface area contributed by atoms with Gasteiger partial charge >= 0.3 is 19.8 Å². The van der Waals surface area contributed by atoms with E-state index in [0.29, 0.717) is 5.41 Å². The van der Waals surface area contributed by atoms with Gasteiger partial charge in [-0.3, -0.25) is 19.7 Å². The minimum absolute atomic E-state index is 0. The zero-order valence-electron chi connectivity index (χ0n) is 28.2. The Bertz CT molecular complexity index is 1520. The summed E-state index contributed by atoms with van der Waals surface area (Å²) in [5.74, 6) is -0.0556. The van der Waals surface area contributed by atoms with Crippen molar-refractivity contribution < 1.29 is 48.8 Å². The van der Waals surface area contributed by atoms with Crippen LogP contribution in [0.4, 0.5) is 0 Å². The minimum Gasteiger partial charge on any atom is -0.502 e. The van der Waals surface area contributed by atoms with E-state index in [4.69, 9.17) is 5.11 Å². The average molecular weight is 886 g/mol. The molecule has 0 radical (unpaired) electrons. The molecular weight excluding hydrogens is 840 g/mol. The second-order valence-electron chi connectivity index (χ2n) is 11.3. The smallest absolute Gasteiger partial charge is 0.502 e. The van der Waals surface area contributed by atoms with Crippen LogP contribution in [0.1, 0.15) is 52.4 Å². The van der Waals surface area contributed by atoms with E-state index in [9.17, 15) is 4.79 Å². The fraction of sp³-hybridized carbons (Fsp3) is 0.243. The molecule has 7 nitrogen and oxygen atoms in total. The molecule has 0 aliphatic heterocycles. The number of hydrogen-bond donors (Lipinski definition) is 1. The first-order valence-electron chi connectivity index (χ1n) is 13.3. The van der Waals surface area contributed by atoms with Crippen LogP contribution in [0.5, 0.6) is 5.75 Å². The molecule has 0 saturated carbocycles. The molecule has 0 spiro atoms. The first-order valence-corrected chi connectivity index (χ1v) is 13.3. The fourth-order valence-electron chi connectivity index (χ4n) is 4.42. The summed E-state index contributed by atoms with van der Waals surface area (Å²) in [6.07, 6.45) is 9.54. The molecule has 1 N–H and O–H groups in total. The monoisotopic (exact) mass is 888 g/mol. The van der Waals surface area contributed by atoms with Crippen LogP contribution in [-0.2, 0) is 44.7 Å². The number of nitrogens with zero attached hydrogens (tertiary/aromatic N) is 4. The average Bonchev–Trinajstić information content (AvgIpc) is 2.97. The normalized spacial score (nSPS) is 9.78. The van der Waals surface area contributed by atoms with Crippen molar-refractivity contribution in [2.45, 2.75) is 53.4 Å². The van der Waals surface area contributed by atoms with Gasteiger partial charge < -0.3 is 36.8 Å². The summed E-state index contributed by atoms with van der Waals surface area (Å²) in [5.41, 5.74) is 4.94. The Labute approximate surface area is 302 Å². The van der Waals surface area contributed by atoms with Gasteiger partial charge in [0.1, 0.15) is 5.76 Å². The van der Waals surface area contributed by atoms with Crippen LogP contribution < -0.4 is 5.43 Å². The molecule has 0 amide bonds. The predicted octanol–water partition coefficient (Wildman–Crippen LogP) is 8.80. The van der Waals surface area contributed by atoms with Gasteiger partial charge in [-0.1, -0.05) is 52.9 Å². The summed E-state index contributed by atoms with van der Waals surface area (Å²) >= 11 is 0. The van der Waals surface area contributed by atoms with Gasteiger partial charge in [0.15, 0.2) is 0 Å². The molecule has 0 unspecified atom stereocenters. The largest absolute Gasteiger partial charge is 4.00 e. The Hall–Kier alpha value is -3.39. The quantitative estimate of drug-likeness (QED) is 0.142. The van der Waals surface area contributed by atoms with Crippen LogP contribution in [0.3, 0.4) is 0 Å². The molecule has 0 aliphatic rings. The predicted molar refractivity (Wildman–Crippen MR) is 181 cm³/mol. The first kappa shape index (κ1) is 47.0. The van der Waals surface area contributed by atoms with Crippen molar-refractivity contribution >= 4 is 0 Å². The number of pyridine rings is 4. The van der Waals surface area contributed by atoms with Gasteiger partial charge in [-0.25, -0.2) is 0 Å². The molecule has 0 atom stereocenters. The summed E-state index contributed by atoms with van der Waals surface area (Å²) < 4.78 is 4.69. The molecule has 46 heavy (non-hydrogen) atoms. The second kappa shape index (κ2) is 22.2. The van der Waals surface area contributed by atoms with Crippen LogP contribution in [0.15, 0.2) is 107 Å². The van der Waals surface area contributed by atoms with E-state index in [0.717, 1.165) is 29.2 Å². The summed E-state index contributed by atoms with van der Waals surface area (Å²) in [4.78, 5) is 27.7. The summed E-state index contributed by atoms with van der Waals surface area (Å²) in [5, 5.41) is 8.80. The van der Waals surface area contributed by atoms with E-state index in [1.54, 1.807) is 24.7 Å². The maximum absolute atomic E-state index is 10.5. The summed E-state index contributed by atoms with van der Waals surface area (Å²) in [6, 6.07) is 23.8. The number of hydrogen-bond acceptors (Lipinski definition) is 7. The Morgan fingerprint density at radius 3 is 1.74 bits per heavy atom. The second-order valence-corrected chi connectivity index (χ2v) is 11.3. The van der Waals surface area contributed by atoms with Gasteiger partial charge in [-0.2, -0.15) is 18.2 Å². The molecule has 5 rings (SSSR count). The van der Waals surface area contributed by atoms with Crippen LogP contribution in [0, 0.1) is 40.7 Å². The number of rotatable bonds is 4. The van der Waals surface area contributed by atoms with Crippen molar-refractivity contribution in [2.75, 3.05) is 0 Å². The van der Waals surface area contributed by atoms with Gasteiger partial charge in [-0.15, -0.1) is 0 Å². The molecule has 9 heteroatoms. The fourth-order valence-corrected chi connectivity index (χ4v) is 4.42. The molecular formula is C37H46N4O3OsRu. The Kier molecular flexibility index (Phi) is 22.7. The van der Waals surface area contributed by atoms with E-state index < -0.39 is 5.43 Å². The van der Waals surface area contributed by atoms with E-state index in [1.807, 2.05) is 48.7 Å². The molecule has 5 heterocycles. The van der Waals surface area contributed by atoms with Crippen molar-refractivity contribution in [3.8, 4) is 28.5 Å². The molecule has 248 valence electrons. The van der Waals surface area contributed by atoms with Gasteiger partial charge in [-0.05, 0) is 71.8 Å². The van der Waals surface area contributed by atoms with Crippen molar-refractivity contribution in [1.29, 1.82) is 0 Å². The maximum Gasteiger partial charge on any atom is 4.00 e. The van der Waals surface area contributed by atoms with E-state index in [1.165, 1.54) is 24.8 Å². The van der Waals surface area contributed by atoms with Gasteiger partial charge in [0, 0.05) is 49.8 Å². The van der Waals surface area contributed by atoms with Crippen LogP contribution in [0.2, 0.25) is 0 Å². The third kappa shape index (κ3) is 15.3. The third-order valence-electron chi connectivity index (χ3n) is 6.00. The first-order chi connectivity index (χ1) is 19.5. The van der Waals surface area contributed by atoms with E-state index in [2.05, 4.69) is 77.2 Å². The van der Waals surface area contributed by atoms with Crippen LogP contribution >= 0.6 is 0 Å². The SMILES string of the molecule is CC(C)(C)CC(C)(C)c1ccnc(-c2c[c-]ccn2)c1.Cc1occc(=O)c1O.[CH3-].[CH3-].[CH3-].[Os+4].[Ru].c1ccc(-c2ccccn2)nc1. The zero-order valence-corrected chi connectivity index (χ0v) is 32.5. The van der Waals surface area contributed by atoms with Crippen molar-refractivity contribution in [3.63, 3.8) is 0 Å². The van der Waals surface area contributed by atoms with Crippen LogP contribution in [-0.4, -0.2) is 25.0 Å². The third-order valence-corrected chi connectivity index (χ3v) is 6.00. The minimum atomic E-state index is -0.404. The molecule has 0 fully saturated rings. The van der Waals surface area contributed by atoms with Crippen molar-refractivity contribution in [1.82, 2.24) is 19.9 Å². The van der Waals surface area contributed by atoms with Crippen molar-refractivity contribution in [2.24, 2.45) is 5.41 Å². The summed E-state index contributed by atoms with van der Waals surface area (Å²) in [7, 11) is 0. The Balaban J connectivity index is -0.000000616. The Morgan fingerprint density at radius 1 is 0.761 bits per heavy atom. The Morgan fingerprint density at radius 2 is 1.30 bits per heavy atom. The van der Waals surface area contributed by atoms with Crippen molar-refractivity contribution in [3.05, 3.63) is 148 Å². The van der Waals surface area contributed by atoms with Gasteiger partial charge in [0.2, 0.25) is 11.2 Å². The number of aryl methyl sites for hydroxylation is 1.